The van der Waals surface area contributed by atoms with Gasteiger partial charge in [0, 0.05) is 31.8 Å². The fourth-order valence-electron chi connectivity index (χ4n) is 2.07. The van der Waals surface area contributed by atoms with Crippen LogP contribution in [0.25, 0.3) is 0 Å². The Kier molecular flexibility index (Phi) is 4.22. The molecule has 0 aliphatic carbocycles. The third-order valence-corrected chi connectivity index (χ3v) is 4.18. The molecule has 1 aromatic rings. The van der Waals surface area contributed by atoms with E-state index < -0.39 is 21.1 Å². The Bertz CT molecular complexity index is 732. The van der Waals surface area contributed by atoms with Crippen molar-refractivity contribution >= 4 is 21.9 Å². The van der Waals surface area contributed by atoms with Crippen LogP contribution < -0.4 is 9.46 Å². The Morgan fingerprint density at radius 2 is 2.04 bits per heavy atom. The SMILES string of the molecule is CN(C)/N=C/C1(C)Cc2cc(NS(=O)(=O)C(F)(F)F)ccc2O1. The van der Waals surface area contributed by atoms with Crippen molar-refractivity contribution in [2.24, 2.45) is 5.10 Å². The summed E-state index contributed by atoms with van der Waals surface area (Å²) in [6.45, 7) is 1.78. The molecule has 23 heavy (non-hydrogen) atoms. The Morgan fingerprint density at radius 1 is 1.39 bits per heavy atom. The summed E-state index contributed by atoms with van der Waals surface area (Å²) in [4.78, 5) is 0. The highest BCUT2D eigenvalue weighted by atomic mass is 32.2. The largest absolute Gasteiger partial charge is 0.516 e. The van der Waals surface area contributed by atoms with Crippen LogP contribution in [0.15, 0.2) is 23.3 Å². The zero-order valence-electron chi connectivity index (χ0n) is 12.7. The number of alkyl halides is 3. The number of fused-ring (bicyclic) bond motifs is 1. The molecule has 0 amide bonds. The van der Waals surface area contributed by atoms with Gasteiger partial charge in [-0.1, -0.05) is 0 Å². The molecule has 0 radical (unpaired) electrons. The topological polar surface area (TPSA) is 71.0 Å². The van der Waals surface area contributed by atoms with Gasteiger partial charge in [-0.05, 0) is 25.1 Å². The number of nitrogens with one attached hydrogen (secondary N) is 1. The Balaban J connectivity index is 2.22. The Labute approximate surface area is 132 Å². The lowest BCUT2D eigenvalue weighted by molar-refractivity contribution is -0.0429. The summed E-state index contributed by atoms with van der Waals surface area (Å²) in [5.74, 6) is 0.479. The van der Waals surface area contributed by atoms with Gasteiger partial charge in [0.15, 0.2) is 0 Å². The van der Waals surface area contributed by atoms with Crippen molar-refractivity contribution in [1.82, 2.24) is 5.01 Å². The van der Waals surface area contributed by atoms with E-state index in [-0.39, 0.29) is 5.69 Å². The molecule has 10 heteroatoms. The third-order valence-electron chi connectivity index (χ3n) is 3.06. The zero-order valence-corrected chi connectivity index (χ0v) is 13.5. The monoisotopic (exact) mass is 351 g/mol. The molecule has 0 fully saturated rings. The van der Waals surface area contributed by atoms with Gasteiger partial charge in [0.05, 0.1) is 6.21 Å². The molecule has 0 saturated heterocycles. The first-order chi connectivity index (χ1) is 10.4. The summed E-state index contributed by atoms with van der Waals surface area (Å²) < 4.78 is 66.7. The average molecular weight is 351 g/mol. The molecule has 0 bridgehead atoms. The maximum absolute atomic E-state index is 12.4. The molecule has 0 aromatic heterocycles. The first-order valence-corrected chi connectivity index (χ1v) is 8.04. The standard InChI is InChI=1S/C13H16F3N3O3S/c1-12(8-17-19(2)3)7-9-6-10(4-5-11(9)22-12)18-23(20,21)13(14,15)16/h4-6,8,18H,7H2,1-3H3/b17-8+. The maximum Gasteiger partial charge on any atom is 0.516 e. The van der Waals surface area contributed by atoms with Crippen LogP contribution in [0.2, 0.25) is 0 Å². The number of nitrogens with zero attached hydrogens (tertiary/aromatic N) is 2. The van der Waals surface area contributed by atoms with E-state index in [0.717, 1.165) is 0 Å². The molecule has 2 rings (SSSR count). The Hall–Kier alpha value is -1.97. The molecule has 6 nitrogen and oxygen atoms in total. The van der Waals surface area contributed by atoms with E-state index in [4.69, 9.17) is 4.74 Å². The average Bonchev–Trinajstić information content (AvgIpc) is 2.71. The molecule has 1 heterocycles. The smallest absolute Gasteiger partial charge is 0.481 e. The summed E-state index contributed by atoms with van der Waals surface area (Å²) in [6, 6.07) is 3.97. The first-order valence-electron chi connectivity index (χ1n) is 6.55. The first kappa shape index (κ1) is 17.4. The van der Waals surface area contributed by atoms with Crippen LogP contribution in [-0.4, -0.2) is 44.8 Å². The number of hydrogen-bond acceptors (Lipinski definition) is 5. The number of benzene rings is 1. The van der Waals surface area contributed by atoms with E-state index in [9.17, 15) is 21.6 Å². The van der Waals surface area contributed by atoms with Crippen LogP contribution in [0.4, 0.5) is 18.9 Å². The van der Waals surface area contributed by atoms with Crippen LogP contribution in [-0.2, 0) is 16.4 Å². The maximum atomic E-state index is 12.4. The van der Waals surface area contributed by atoms with E-state index >= 15 is 0 Å². The highest BCUT2D eigenvalue weighted by molar-refractivity contribution is 7.93. The lowest BCUT2D eigenvalue weighted by Crippen LogP contribution is -2.32. The second-order valence-corrected chi connectivity index (χ2v) is 7.23. The highest BCUT2D eigenvalue weighted by Crippen LogP contribution is 2.36. The quantitative estimate of drug-likeness (QED) is 0.667. The van der Waals surface area contributed by atoms with Gasteiger partial charge < -0.3 is 9.75 Å². The molecule has 128 valence electrons. The van der Waals surface area contributed by atoms with Gasteiger partial charge in [0.1, 0.15) is 11.4 Å². The predicted octanol–water partition coefficient (Wildman–Crippen LogP) is 2.19. The minimum atomic E-state index is -5.44. The number of hydrazone groups is 1. The zero-order chi connectivity index (χ0) is 17.5. The molecule has 0 spiro atoms. The van der Waals surface area contributed by atoms with Crippen LogP contribution in [0.3, 0.4) is 0 Å². The fourth-order valence-corrected chi connectivity index (χ4v) is 2.62. The van der Waals surface area contributed by atoms with Gasteiger partial charge in [-0.15, -0.1) is 0 Å². The van der Waals surface area contributed by atoms with Crippen molar-refractivity contribution in [1.29, 1.82) is 0 Å². The van der Waals surface area contributed by atoms with E-state index in [2.05, 4.69) is 5.10 Å². The molecular weight excluding hydrogens is 335 g/mol. The summed E-state index contributed by atoms with van der Waals surface area (Å²) >= 11 is 0. The number of hydrogen-bond donors (Lipinski definition) is 1. The second kappa shape index (κ2) is 5.59. The number of ether oxygens (including phenoxy) is 1. The lowest BCUT2D eigenvalue weighted by atomic mass is 10.0. The van der Waals surface area contributed by atoms with Gasteiger partial charge in [0.25, 0.3) is 0 Å². The molecule has 1 aliphatic heterocycles. The van der Waals surface area contributed by atoms with Crippen molar-refractivity contribution in [2.75, 3.05) is 18.8 Å². The highest BCUT2D eigenvalue weighted by Gasteiger charge is 2.46. The molecule has 1 aromatic carbocycles. The minimum Gasteiger partial charge on any atom is -0.481 e. The van der Waals surface area contributed by atoms with Crippen molar-refractivity contribution in [2.45, 2.75) is 24.5 Å². The summed E-state index contributed by atoms with van der Waals surface area (Å²) in [5, 5.41) is 5.68. The molecule has 1 aliphatic rings. The number of anilines is 1. The van der Waals surface area contributed by atoms with E-state index in [1.807, 2.05) is 0 Å². The van der Waals surface area contributed by atoms with Gasteiger partial charge in [-0.25, -0.2) is 0 Å². The van der Waals surface area contributed by atoms with Crippen molar-refractivity contribution < 1.29 is 26.3 Å². The van der Waals surface area contributed by atoms with Crippen LogP contribution in [0.5, 0.6) is 5.75 Å². The van der Waals surface area contributed by atoms with Crippen LogP contribution >= 0.6 is 0 Å². The number of halogens is 3. The summed E-state index contributed by atoms with van der Waals surface area (Å²) in [7, 11) is -1.96. The molecule has 1 unspecified atom stereocenters. The molecule has 1 atom stereocenters. The van der Waals surface area contributed by atoms with Crippen LogP contribution in [0, 0.1) is 0 Å². The normalized spacial score (nSPS) is 21.1. The summed E-state index contributed by atoms with van der Waals surface area (Å²) in [5.41, 5.74) is -5.68. The van der Waals surface area contributed by atoms with E-state index in [0.29, 0.717) is 17.7 Å². The van der Waals surface area contributed by atoms with E-state index in [1.54, 1.807) is 32.2 Å². The van der Waals surface area contributed by atoms with Crippen molar-refractivity contribution in [3.05, 3.63) is 23.8 Å². The molecular formula is C13H16F3N3O3S. The van der Waals surface area contributed by atoms with Gasteiger partial charge in [0.2, 0.25) is 0 Å². The van der Waals surface area contributed by atoms with E-state index in [1.165, 1.54) is 22.9 Å². The number of rotatable bonds is 4. The van der Waals surface area contributed by atoms with Gasteiger partial charge in [-0.2, -0.15) is 26.7 Å². The number of sulfonamides is 1. The van der Waals surface area contributed by atoms with Crippen LogP contribution in [0.1, 0.15) is 12.5 Å². The van der Waals surface area contributed by atoms with Gasteiger partial charge in [-0.3, -0.25) is 4.72 Å². The fraction of sp³-hybridized carbons (Fsp3) is 0.462. The van der Waals surface area contributed by atoms with Gasteiger partial charge >= 0.3 is 15.5 Å². The molecule has 0 saturated carbocycles. The van der Waals surface area contributed by atoms with Crippen molar-refractivity contribution in [3.63, 3.8) is 0 Å². The molecule has 1 N–H and O–H groups in total. The lowest BCUT2D eigenvalue weighted by Gasteiger charge is -2.19. The third kappa shape index (κ3) is 3.87. The second-order valence-electron chi connectivity index (χ2n) is 5.56. The Morgan fingerprint density at radius 3 is 2.61 bits per heavy atom. The minimum absolute atomic E-state index is 0.168. The predicted molar refractivity (Wildman–Crippen MR) is 80.0 cm³/mol. The van der Waals surface area contributed by atoms with Crippen molar-refractivity contribution in [3.8, 4) is 5.75 Å². The summed E-state index contributed by atoms with van der Waals surface area (Å²) in [6.07, 6.45) is 1.95.